The number of aryl methyl sites for hydroxylation is 1. The summed E-state index contributed by atoms with van der Waals surface area (Å²) in [6.07, 6.45) is 4.12. The number of hydrogen-bond acceptors (Lipinski definition) is 3. The molecule has 0 saturated heterocycles. The number of rotatable bonds is 6. The average molecular weight is 311 g/mol. The highest BCUT2D eigenvalue weighted by Gasteiger charge is 2.24. The van der Waals surface area contributed by atoms with Gasteiger partial charge in [-0.3, -0.25) is 4.68 Å². The van der Waals surface area contributed by atoms with Crippen LogP contribution in [0.25, 0.3) is 0 Å². The minimum atomic E-state index is -3.64. The molecule has 21 heavy (non-hydrogen) atoms. The molecule has 0 amide bonds. The molecule has 0 N–H and O–H groups in total. The molecule has 0 aliphatic carbocycles. The van der Waals surface area contributed by atoms with Crippen LogP contribution in [0.1, 0.15) is 18.9 Å². The summed E-state index contributed by atoms with van der Waals surface area (Å²) >= 11 is 0. The largest absolute Gasteiger partial charge is 0.275 e. The Balaban J connectivity index is 2.29. The molecule has 0 atom stereocenters. The molecule has 5 nitrogen and oxygen atoms in total. The van der Waals surface area contributed by atoms with Gasteiger partial charge in [0.2, 0.25) is 10.0 Å². The summed E-state index contributed by atoms with van der Waals surface area (Å²) in [5.74, 6) is -0.455. The lowest BCUT2D eigenvalue weighted by Gasteiger charge is -2.21. The molecule has 1 heterocycles. The van der Waals surface area contributed by atoms with Crippen molar-refractivity contribution in [2.75, 3.05) is 6.54 Å². The van der Waals surface area contributed by atoms with Gasteiger partial charge in [-0.1, -0.05) is 6.92 Å². The van der Waals surface area contributed by atoms with E-state index >= 15 is 0 Å². The maximum Gasteiger partial charge on any atom is 0.243 e. The highest BCUT2D eigenvalue weighted by Crippen LogP contribution is 2.19. The minimum absolute atomic E-state index is 0.0984. The minimum Gasteiger partial charge on any atom is -0.275 e. The van der Waals surface area contributed by atoms with Gasteiger partial charge < -0.3 is 0 Å². The van der Waals surface area contributed by atoms with Gasteiger partial charge in [-0.05, 0) is 30.7 Å². The van der Waals surface area contributed by atoms with Crippen LogP contribution in [0.4, 0.5) is 4.39 Å². The first-order chi connectivity index (χ1) is 9.93. The van der Waals surface area contributed by atoms with Crippen LogP contribution in [-0.2, 0) is 23.6 Å². The van der Waals surface area contributed by atoms with Crippen LogP contribution in [0.5, 0.6) is 0 Å². The van der Waals surface area contributed by atoms with E-state index in [0.29, 0.717) is 13.0 Å². The van der Waals surface area contributed by atoms with Gasteiger partial charge in [-0.2, -0.15) is 9.40 Å². The summed E-state index contributed by atoms with van der Waals surface area (Å²) in [5, 5.41) is 4.04. The van der Waals surface area contributed by atoms with E-state index in [1.165, 1.54) is 16.4 Å². The Labute approximate surface area is 124 Å². The molecule has 7 heteroatoms. The molecule has 0 fully saturated rings. The summed E-state index contributed by atoms with van der Waals surface area (Å²) in [6.45, 7) is 2.56. The number of benzene rings is 1. The second-order valence-electron chi connectivity index (χ2n) is 4.81. The zero-order valence-corrected chi connectivity index (χ0v) is 12.8. The summed E-state index contributed by atoms with van der Waals surface area (Å²) in [6, 6.07) is 4.88. The van der Waals surface area contributed by atoms with Gasteiger partial charge in [0, 0.05) is 31.9 Å². The van der Waals surface area contributed by atoms with Crippen molar-refractivity contribution in [3.05, 3.63) is 48.0 Å². The van der Waals surface area contributed by atoms with Crippen molar-refractivity contribution >= 4 is 10.0 Å². The molecular formula is C14H18FN3O2S. The van der Waals surface area contributed by atoms with Crippen LogP contribution in [-0.4, -0.2) is 29.0 Å². The van der Waals surface area contributed by atoms with Gasteiger partial charge in [0.25, 0.3) is 0 Å². The van der Waals surface area contributed by atoms with Crippen molar-refractivity contribution in [1.29, 1.82) is 0 Å². The van der Waals surface area contributed by atoms with Crippen molar-refractivity contribution in [1.82, 2.24) is 14.1 Å². The first-order valence-corrected chi connectivity index (χ1v) is 8.10. The van der Waals surface area contributed by atoms with Crippen LogP contribution >= 0.6 is 0 Å². The molecule has 2 aromatic rings. The first-order valence-electron chi connectivity index (χ1n) is 6.66. The number of hydrogen-bond donors (Lipinski definition) is 0. The lowest BCUT2D eigenvalue weighted by atomic mass is 10.3. The maximum atomic E-state index is 13.0. The van der Waals surface area contributed by atoms with Gasteiger partial charge >= 0.3 is 0 Å². The Morgan fingerprint density at radius 3 is 2.48 bits per heavy atom. The van der Waals surface area contributed by atoms with Crippen molar-refractivity contribution in [3.8, 4) is 0 Å². The van der Waals surface area contributed by atoms with E-state index in [9.17, 15) is 12.8 Å². The first kappa shape index (κ1) is 15.7. The zero-order valence-electron chi connectivity index (χ0n) is 12.0. The topological polar surface area (TPSA) is 55.2 Å². The van der Waals surface area contributed by atoms with Gasteiger partial charge in [-0.25, -0.2) is 12.8 Å². The van der Waals surface area contributed by atoms with Crippen molar-refractivity contribution in [2.24, 2.45) is 7.05 Å². The molecule has 0 bridgehead atoms. The Morgan fingerprint density at radius 1 is 1.29 bits per heavy atom. The summed E-state index contributed by atoms with van der Waals surface area (Å²) < 4.78 is 41.2. The number of nitrogens with zero attached hydrogens (tertiary/aromatic N) is 3. The lowest BCUT2D eigenvalue weighted by molar-refractivity contribution is 0.405. The Hall–Kier alpha value is -1.73. The fourth-order valence-corrected chi connectivity index (χ4v) is 3.57. The zero-order chi connectivity index (χ0) is 15.5. The predicted octanol–water partition coefficient (Wildman–Crippen LogP) is 2.16. The molecule has 2 rings (SSSR count). The SMILES string of the molecule is CCCN(Cc1cnn(C)c1)S(=O)(=O)c1ccc(F)cc1. The second-order valence-corrected chi connectivity index (χ2v) is 6.75. The maximum absolute atomic E-state index is 13.0. The van der Waals surface area contributed by atoms with E-state index < -0.39 is 15.8 Å². The highest BCUT2D eigenvalue weighted by molar-refractivity contribution is 7.89. The molecule has 0 unspecified atom stereocenters. The quantitative estimate of drug-likeness (QED) is 0.821. The van der Waals surface area contributed by atoms with Crippen molar-refractivity contribution in [3.63, 3.8) is 0 Å². The van der Waals surface area contributed by atoms with E-state index in [2.05, 4.69) is 5.10 Å². The molecule has 0 radical (unpaired) electrons. The van der Waals surface area contributed by atoms with Crippen LogP contribution in [0.2, 0.25) is 0 Å². The number of halogens is 1. The average Bonchev–Trinajstić information content (AvgIpc) is 2.84. The van der Waals surface area contributed by atoms with Crippen molar-refractivity contribution < 1.29 is 12.8 Å². The van der Waals surface area contributed by atoms with E-state index in [4.69, 9.17) is 0 Å². The van der Waals surface area contributed by atoms with E-state index in [1.807, 2.05) is 6.92 Å². The predicted molar refractivity (Wildman–Crippen MR) is 77.5 cm³/mol. The Morgan fingerprint density at radius 2 is 1.95 bits per heavy atom. The molecule has 114 valence electrons. The Bertz CT molecular complexity index is 695. The Kier molecular flexibility index (Phi) is 4.74. The standard InChI is InChI=1S/C14H18FN3O2S/c1-3-8-18(11-12-9-16-17(2)10-12)21(19,20)14-6-4-13(15)5-7-14/h4-7,9-10H,3,8,11H2,1-2H3. The normalized spacial score (nSPS) is 12.0. The van der Waals surface area contributed by atoms with Gasteiger partial charge in [0.05, 0.1) is 11.1 Å². The fraction of sp³-hybridized carbons (Fsp3) is 0.357. The van der Waals surface area contributed by atoms with Gasteiger partial charge in [0.15, 0.2) is 0 Å². The molecule has 1 aromatic carbocycles. The number of sulfonamides is 1. The monoisotopic (exact) mass is 311 g/mol. The fourth-order valence-electron chi connectivity index (χ4n) is 2.05. The molecule has 0 spiro atoms. The van der Waals surface area contributed by atoms with Crippen LogP contribution < -0.4 is 0 Å². The molecule has 1 aromatic heterocycles. The van der Waals surface area contributed by atoms with Crippen LogP contribution in [0, 0.1) is 5.82 Å². The van der Waals surface area contributed by atoms with Gasteiger partial charge in [-0.15, -0.1) is 0 Å². The van der Waals surface area contributed by atoms with E-state index in [-0.39, 0.29) is 11.4 Å². The molecule has 0 aliphatic rings. The highest BCUT2D eigenvalue weighted by atomic mass is 32.2. The summed E-state index contributed by atoms with van der Waals surface area (Å²) in [7, 11) is -1.86. The third-order valence-corrected chi connectivity index (χ3v) is 4.90. The van der Waals surface area contributed by atoms with E-state index in [0.717, 1.165) is 17.7 Å². The third-order valence-electron chi connectivity index (χ3n) is 3.04. The van der Waals surface area contributed by atoms with Crippen molar-refractivity contribution in [2.45, 2.75) is 24.8 Å². The smallest absolute Gasteiger partial charge is 0.243 e. The molecule has 0 saturated carbocycles. The second kappa shape index (κ2) is 6.36. The molecular weight excluding hydrogens is 293 g/mol. The van der Waals surface area contributed by atoms with E-state index in [1.54, 1.807) is 24.1 Å². The lowest BCUT2D eigenvalue weighted by Crippen LogP contribution is -2.31. The third kappa shape index (κ3) is 3.68. The molecule has 0 aliphatic heterocycles. The van der Waals surface area contributed by atoms with Crippen LogP contribution in [0.15, 0.2) is 41.6 Å². The van der Waals surface area contributed by atoms with Gasteiger partial charge in [0.1, 0.15) is 5.82 Å². The number of aromatic nitrogens is 2. The summed E-state index contributed by atoms with van der Waals surface area (Å²) in [4.78, 5) is 0.0984. The van der Waals surface area contributed by atoms with Crippen LogP contribution in [0.3, 0.4) is 0 Å². The summed E-state index contributed by atoms with van der Waals surface area (Å²) in [5.41, 5.74) is 0.816.